The van der Waals surface area contributed by atoms with Crippen molar-refractivity contribution in [3.63, 3.8) is 0 Å². The van der Waals surface area contributed by atoms with Crippen molar-refractivity contribution in [2.24, 2.45) is 0 Å². The fourth-order valence-electron chi connectivity index (χ4n) is 1.93. The molecule has 2 N–H and O–H groups in total. The van der Waals surface area contributed by atoms with Gasteiger partial charge < -0.3 is 10.3 Å². The van der Waals surface area contributed by atoms with E-state index in [0.29, 0.717) is 12.1 Å². The van der Waals surface area contributed by atoms with Crippen LogP contribution in [0.15, 0.2) is 49.1 Å². The molecule has 0 radical (unpaired) electrons. The summed E-state index contributed by atoms with van der Waals surface area (Å²) in [6.07, 6.45) is 6.78. The molecule has 0 saturated carbocycles. The lowest BCUT2D eigenvalue weighted by Crippen LogP contribution is -2.22. The number of aromatic amines is 1. The van der Waals surface area contributed by atoms with Crippen LogP contribution in [0.25, 0.3) is 11.0 Å². The van der Waals surface area contributed by atoms with Crippen LogP contribution in [0.4, 0.5) is 0 Å². The minimum Gasteiger partial charge on any atom is -0.348 e. The summed E-state index contributed by atoms with van der Waals surface area (Å²) in [6.45, 7) is 0.458. The van der Waals surface area contributed by atoms with Gasteiger partial charge >= 0.3 is 0 Å². The van der Waals surface area contributed by atoms with Crippen LogP contribution in [0.5, 0.6) is 0 Å². The highest BCUT2D eigenvalue weighted by Gasteiger charge is 2.07. The van der Waals surface area contributed by atoms with E-state index in [9.17, 15) is 4.79 Å². The van der Waals surface area contributed by atoms with Crippen LogP contribution in [0.3, 0.4) is 0 Å². The van der Waals surface area contributed by atoms with Crippen LogP contribution in [0, 0.1) is 0 Å². The lowest BCUT2D eigenvalue weighted by Gasteiger charge is -2.03. The first-order chi connectivity index (χ1) is 9.34. The largest absolute Gasteiger partial charge is 0.348 e. The van der Waals surface area contributed by atoms with Gasteiger partial charge in [-0.05, 0) is 29.8 Å². The van der Waals surface area contributed by atoms with Crippen LogP contribution in [-0.4, -0.2) is 20.9 Å². The second-order valence-electron chi connectivity index (χ2n) is 4.14. The summed E-state index contributed by atoms with van der Waals surface area (Å²) in [5, 5.41) is 3.89. The van der Waals surface area contributed by atoms with E-state index in [2.05, 4.69) is 20.3 Å². The second kappa shape index (κ2) is 4.89. The van der Waals surface area contributed by atoms with Crippen molar-refractivity contribution in [1.29, 1.82) is 0 Å². The molecule has 19 heavy (non-hydrogen) atoms. The molecular weight excluding hydrogens is 240 g/mol. The Morgan fingerprint density at radius 2 is 2.16 bits per heavy atom. The number of nitrogens with zero attached hydrogens (tertiary/aromatic N) is 2. The Hall–Kier alpha value is -2.69. The maximum atomic E-state index is 11.9. The molecule has 0 aliphatic rings. The minimum absolute atomic E-state index is 0.133. The third-order valence-electron chi connectivity index (χ3n) is 2.90. The van der Waals surface area contributed by atoms with E-state index >= 15 is 0 Å². The number of hydrogen-bond acceptors (Lipinski definition) is 3. The van der Waals surface area contributed by atoms with Crippen LogP contribution < -0.4 is 5.32 Å². The summed E-state index contributed by atoms with van der Waals surface area (Å²) in [4.78, 5) is 23.1. The molecule has 3 aromatic heterocycles. The zero-order valence-electron chi connectivity index (χ0n) is 10.1. The molecule has 94 valence electrons. The van der Waals surface area contributed by atoms with Crippen molar-refractivity contribution in [3.05, 3.63) is 60.2 Å². The number of carbonyl (C=O) groups is 1. The number of nitrogens with one attached hydrogen (secondary N) is 2. The molecule has 5 nitrogen and oxygen atoms in total. The van der Waals surface area contributed by atoms with E-state index in [1.165, 1.54) is 0 Å². The Kier molecular flexibility index (Phi) is 2.94. The van der Waals surface area contributed by atoms with Gasteiger partial charge in [-0.3, -0.25) is 9.78 Å². The van der Waals surface area contributed by atoms with Crippen molar-refractivity contribution in [1.82, 2.24) is 20.3 Å². The van der Waals surface area contributed by atoms with Gasteiger partial charge in [0.05, 0.1) is 5.56 Å². The van der Waals surface area contributed by atoms with Gasteiger partial charge in [0.2, 0.25) is 0 Å². The van der Waals surface area contributed by atoms with E-state index in [0.717, 1.165) is 16.6 Å². The van der Waals surface area contributed by atoms with E-state index in [1.807, 2.05) is 18.3 Å². The molecule has 0 atom stereocenters. The first-order valence-electron chi connectivity index (χ1n) is 5.94. The Balaban J connectivity index is 1.75. The number of pyridine rings is 2. The van der Waals surface area contributed by atoms with Crippen molar-refractivity contribution in [2.75, 3.05) is 0 Å². The molecule has 3 heterocycles. The summed E-state index contributed by atoms with van der Waals surface area (Å²) < 4.78 is 0. The Bertz CT molecular complexity index is 706. The first-order valence-corrected chi connectivity index (χ1v) is 5.94. The summed E-state index contributed by atoms with van der Waals surface area (Å²) in [7, 11) is 0. The van der Waals surface area contributed by atoms with Gasteiger partial charge in [-0.1, -0.05) is 0 Å². The zero-order valence-corrected chi connectivity index (χ0v) is 10.1. The van der Waals surface area contributed by atoms with E-state index in [4.69, 9.17) is 0 Å². The third-order valence-corrected chi connectivity index (χ3v) is 2.90. The van der Waals surface area contributed by atoms with Gasteiger partial charge in [-0.15, -0.1) is 0 Å². The fourth-order valence-corrected chi connectivity index (χ4v) is 1.93. The van der Waals surface area contributed by atoms with Crippen LogP contribution >= 0.6 is 0 Å². The van der Waals surface area contributed by atoms with Crippen molar-refractivity contribution in [2.45, 2.75) is 6.54 Å². The SMILES string of the molecule is O=C(NCc1c[nH]c2ncccc12)c1cccnc1. The van der Waals surface area contributed by atoms with Crippen molar-refractivity contribution < 1.29 is 4.79 Å². The normalized spacial score (nSPS) is 10.5. The summed E-state index contributed by atoms with van der Waals surface area (Å²) in [5.74, 6) is -0.133. The molecule has 0 aliphatic heterocycles. The molecule has 0 fully saturated rings. The summed E-state index contributed by atoms with van der Waals surface area (Å²) in [6, 6.07) is 7.33. The lowest BCUT2D eigenvalue weighted by molar-refractivity contribution is 0.0950. The van der Waals surface area contributed by atoms with Gasteiger partial charge in [0, 0.05) is 36.7 Å². The van der Waals surface area contributed by atoms with Crippen molar-refractivity contribution >= 4 is 16.9 Å². The standard InChI is InChI=1S/C14H12N4O/c19-14(10-3-1-5-15-7-10)18-9-11-8-17-13-12(11)4-2-6-16-13/h1-8H,9H2,(H,16,17)(H,18,19). The van der Waals surface area contributed by atoms with Crippen LogP contribution in [0.1, 0.15) is 15.9 Å². The highest BCUT2D eigenvalue weighted by molar-refractivity contribution is 5.94. The maximum absolute atomic E-state index is 11.9. The molecule has 1 amide bonds. The average Bonchev–Trinajstić information content (AvgIpc) is 2.89. The van der Waals surface area contributed by atoms with E-state index in [1.54, 1.807) is 30.7 Å². The number of aromatic nitrogens is 3. The molecule has 3 rings (SSSR count). The smallest absolute Gasteiger partial charge is 0.253 e. The topological polar surface area (TPSA) is 70.7 Å². The summed E-state index contributed by atoms with van der Waals surface area (Å²) >= 11 is 0. The Morgan fingerprint density at radius 3 is 3.00 bits per heavy atom. The second-order valence-corrected chi connectivity index (χ2v) is 4.14. The molecule has 0 spiro atoms. The third kappa shape index (κ3) is 2.30. The average molecular weight is 252 g/mol. The van der Waals surface area contributed by atoms with Crippen LogP contribution in [-0.2, 0) is 6.54 Å². The predicted octanol–water partition coefficient (Wildman–Crippen LogP) is 1.89. The van der Waals surface area contributed by atoms with E-state index in [-0.39, 0.29) is 5.91 Å². The van der Waals surface area contributed by atoms with E-state index < -0.39 is 0 Å². The highest BCUT2D eigenvalue weighted by Crippen LogP contribution is 2.15. The monoisotopic (exact) mass is 252 g/mol. The van der Waals surface area contributed by atoms with Gasteiger partial charge in [-0.25, -0.2) is 4.98 Å². The quantitative estimate of drug-likeness (QED) is 0.747. The van der Waals surface area contributed by atoms with Gasteiger partial charge in [0.15, 0.2) is 0 Å². The molecular formula is C14H12N4O. The lowest BCUT2D eigenvalue weighted by atomic mass is 10.2. The molecule has 3 aromatic rings. The van der Waals surface area contributed by atoms with Gasteiger partial charge in [0.1, 0.15) is 5.65 Å². The maximum Gasteiger partial charge on any atom is 0.253 e. The molecule has 0 bridgehead atoms. The first kappa shape index (κ1) is 11.4. The highest BCUT2D eigenvalue weighted by atomic mass is 16.1. The molecule has 5 heteroatoms. The Labute approximate surface area is 109 Å². The van der Waals surface area contributed by atoms with Crippen LogP contribution in [0.2, 0.25) is 0 Å². The molecule has 0 aromatic carbocycles. The van der Waals surface area contributed by atoms with Gasteiger partial charge in [-0.2, -0.15) is 0 Å². The summed E-state index contributed by atoms with van der Waals surface area (Å²) in [5.41, 5.74) is 2.40. The number of fused-ring (bicyclic) bond motifs is 1. The number of hydrogen-bond donors (Lipinski definition) is 2. The minimum atomic E-state index is -0.133. The van der Waals surface area contributed by atoms with Gasteiger partial charge in [0.25, 0.3) is 5.91 Å². The molecule has 0 aliphatic carbocycles. The Morgan fingerprint density at radius 1 is 1.26 bits per heavy atom. The number of carbonyl (C=O) groups excluding carboxylic acids is 1. The number of amides is 1. The molecule has 0 saturated heterocycles. The molecule has 0 unspecified atom stereocenters. The number of H-pyrrole nitrogens is 1. The zero-order chi connectivity index (χ0) is 13.1. The predicted molar refractivity (Wildman–Crippen MR) is 71.5 cm³/mol. The fraction of sp³-hybridized carbons (Fsp3) is 0.0714. The number of rotatable bonds is 3. The van der Waals surface area contributed by atoms with Crippen molar-refractivity contribution in [3.8, 4) is 0 Å².